The largest absolute Gasteiger partial charge is 0.362 e. The molecule has 1 N–H and O–H groups in total. The summed E-state index contributed by atoms with van der Waals surface area (Å²) in [5, 5.41) is 4.39. The minimum Gasteiger partial charge on any atom is -0.362 e. The van der Waals surface area contributed by atoms with Gasteiger partial charge in [-0.1, -0.05) is 27.7 Å². The third-order valence-electron chi connectivity index (χ3n) is 2.53. The molecular formula is C13H25N3S. The van der Waals surface area contributed by atoms with Crippen molar-refractivity contribution in [3.8, 4) is 0 Å². The molecule has 0 amide bonds. The molecule has 1 rings (SSSR count). The normalized spacial score (nSPS) is 11.4. The SMILES string of the molecule is CCCNc1ncc(CN(CC)CC(C)C)s1. The molecule has 0 aromatic carbocycles. The second-order valence-electron chi connectivity index (χ2n) is 4.78. The highest BCUT2D eigenvalue weighted by atomic mass is 32.1. The third kappa shape index (κ3) is 5.50. The Kier molecular flexibility index (Phi) is 6.52. The van der Waals surface area contributed by atoms with Crippen molar-refractivity contribution in [1.82, 2.24) is 9.88 Å². The molecule has 0 saturated heterocycles. The van der Waals surface area contributed by atoms with E-state index in [4.69, 9.17) is 0 Å². The van der Waals surface area contributed by atoms with Crippen molar-refractivity contribution in [3.05, 3.63) is 11.1 Å². The summed E-state index contributed by atoms with van der Waals surface area (Å²) in [5.74, 6) is 0.723. The molecule has 0 aliphatic rings. The van der Waals surface area contributed by atoms with Gasteiger partial charge in [0.1, 0.15) is 0 Å². The number of nitrogens with zero attached hydrogens (tertiary/aromatic N) is 2. The predicted octanol–water partition coefficient (Wildman–Crippen LogP) is 3.44. The van der Waals surface area contributed by atoms with Gasteiger partial charge in [0, 0.05) is 30.7 Å². The fraction of sp³-hybridized carbons (Fsp3) is 0.769. The molecule has 1 heterocycles. The highest BCUT2D eigenvalue weighted by molar-refractivity contribution is 7.15. The summed E-state index contributed by atoms with van der Waals surface area (Å²) in [7, 11) is 0. The number of thiazole rings is 1. The topological polar surface area (TPSA) is 28.2 Å². The first-order valence-corrected chi connectivity index (χ1v) is 7.38. The zero-order chi connectivity index (χ0) is 12.7. The fourth-order valence-electron chi connectivity index (χ4n) is 1.74. The lowest BCUT2D eigenvalue weighted by molar-refractivity contribution is 0.250. The van der Waals surface area contributed by atoms with Gasteiger partial charge < -0.3 is 5.32 Å². The van der Waals surface area contributed by atoms with E-state index in [1.165, 1.54) is 4.88 Å². The van der Waals surface area contributed by atoms with Gasteiger partial charge in [-0.15, -0.1) is 11.3 Å². The lowest BCUT2D eigenvalue weighted by Crippen LogP contribution is -2.26. The third-order valence-corrected chi connectivity index (χ3v) is 3.47. The van der Waals surface area contributed by atoms with Crippen LogP contribution in [0.2, 0.25) is 0 Å². The van der Waals surface area contributed by atoms with Crippen LogP contribution in [0.1, 0.15) is 39.0 Å². The van der Waals surface area contributed by atoms with Gasteiger partial charge in [-0.2, -0.15) is 0 Å². The molecular weight excluding hydrogens is 230 g/mol. The van der Waals surface area contributed by atoms with E-state index in [-0.39, 0.29) is 0 Å². The van der Waals surface area contributed by atoms with Crippen molar-refractivity contribution in [2.75, 3.05) is 25.0 Å². The highest BCUT2D eigenvalue weighted by Gasteiger charge is 2.08. The van der Waals surface area contributed by atoms with E-state index < -0.39 is 0 Å². The molecule has 17 heavy (non-hydrogen) atoms. The van der Waals surface area contributed by atoms with Crippen LogP contribution in [0.3, 0.4) is 0 Å². The van der Waals surface area contributed by atoms with Gasteiger partial charge in [0.15, 0.2) is 5.13 Å². The van der Waals surface area contributed by atoms with Crippen LogP contribution >= 0.6 is 11.3 Å². The lowest BCUT2D eigenvalue weighted by Gasteiger charge is -2.21. The molecule has 0 atom stereocenters. The highest BCUT2D eigenvalue weighted by Crippen LogP contribution is 2.20. The van der Waals surface area contributed by atoms with E-state index in [9.17, 15) is 0 Å². The van der Waals surface area contributed by atoms with Crippen molar-refractivity contribution in [2.24, 2.45) is 5.92 Å². The zero-order valence-corrected chi connectivity index (χ0v) is 12.3. The zero-order valence-electron chi connectivity index (χ0n) is 11.5. The standard InChI is InChI=1S/C13H25N3S/c1-5-7-14-13-15-8-12(17-13)10-16(6-2)9-11(3)4/h8,11H,5-7,9-10H2,1-4H3,(H,14,15). The first-order valence-electron chi connectivity index (χ1n) is 6.56. The maximum Gasteiger partial charge on any atom is 0.182 e. The molecule has 1 aromatic heterocycles. The summed E-state index contributed by atoms with van der Waals surface area (Å²) in [4.78, 5) is 8.23. The van der Waals surface area contributed by atoms with E-state index in [0.717, 1.165) is 43.6 Å². The Morgan fingerprint density at radius 1 is 1.41 bits per heavy atom. The van der Waals surface area contributed by atoms with E-state index in [2.05, 4.69) is 42.9 Å². The van der Waals surface area contributed by atoms with Gasteiger partial charge in [0.2, 0.25) is 0 Å². The Labute approximate surface area is 109 Å². The fourth-order valence-corrected chi connectivity index (χ4v) is 2.62. The van der Waals surface area contributed by atoms with Gasteiger partial charge >= 0.3 is 0 Å². The summed E-state index contributed by atoms with van der Waals surface area (Å²) in [6.45, 7) is 13.2. The summed E-state index contributed by atoms with van der Waals surface area (Å²) < 4.78 is 0. The average molecular weight is 255 g/mol. The average Bonchev–Trinajstić information content (AvgIpc) is 2.72. The Morgan fingerprint density at radius 2 is 2.18 bits per heavy atom. The van der Waals surface area contributed by atoms with Crippen molar-refractivity contribution in [1.29, 1.82) is 0 Å². The quantitative estimate of drug-likeness (QED) is 0.771. The van der Waals surface area contributed by atoms with Crippen LogP contribution in [-0.4, -0.2) is 29.5 Å². The minimum absolute atomic E-state index is 0.723. The van der Waals surface area contributed by atoms with Crippen molar-refractivity contribution >= 4 is 16.5 Å². The van der Waals surface area contributed by atoms with Gasteiger partial charge in [0.25, 0.3) is 0 Å². The van der Waals surface area contributed by atoms with E-state index in [0.29, 0.717) is 0 Å². The summed E-state index contributed by atoms with van der Waals surface area (Å²) in [5.41, 5.74) is 0. The summed E-state index contributed by atoms with van der Waals surface area (Å²) >= 11 is 1.78. The van der Waals surface area contributed by atoms with Gasteiger partial charge in [-0.3, -0.25) is 4.90 Å². The van der Waals surface area contributed by atoms with Gasteiger partial charge in [-0.05, 0) is 18.9 Å². The molecule has 0 saturated carbocycles. The van der Waals surface area contributed by atoms with Crippen LogP contribution in [0.5, 0.6) is 0 Å². The van der Waals surface area contributed by atoms with Crippen LogP contribution in [0.15, 0.2) is 6.20 Å². The maximum atomic E-state index is 4.40. The number of rotatable bonds is 8. The molecule has 0 fully saturated rings. The second kappa shape index (κ2) is 7.67. The number of nitrogens with one attached hydrogen (secondary N) is 1. The van der Waals surface area contributed by atoms with Crippen molar-refractivity contribution in [3.63, 3.8) is 0 Å². The number of hydrogen-bond acceptors (Lipinski definition) is 4. The minimum atomic E-state index is 0.723. The van der Waals surface area contributed by atoms with Crippen molar-refractivity contribution in [2.45, 2.75) is 40.7 Å². The van der Waals surface area contributed by atoms with Gasteiger partial charge in [-0.25, -0.2) is 4.98 Å². The number of anilines is 1. The van der Waals surface area contributed by atoms with Crippen LogP contribution in [0.4, 0.5) is 5.13 Å². The van der Waals surface area contributed by atoms with Crippen LogP contribution < -0.4 is 5.32 Å². The number of hydrogen-bond donors (Lipinski definition) is 1. The Balaban J connectivity index is 2.46. The molecule has 0 aliphatic heterocycles. The smallest absolute Gasteiger partial charge is 0.182 e. The van der Waals surface area contributed by atoms with Crippen molar-refractivity contribution < 1.29 is 0 Å². The molecule has 3 nitrogen and oxygen atoms in total. The predicted molar refractivity (Wildman–Crippen MR) is 76.7 cm³/mol. The first-order chi connectivity index (χ1) is 8.15. The van der Waals surface area contributed by atoms with Crippen LogP contribution in [0.25, 0.3) is 0 Å². The Bertz CT molecular complexity index is 309. The summed E-state index contributed by atoms with van der Waals surface area (Å²) in [6, 6.07) is 0. The van der Waals surface area contributed by atoms with Gasteiger partial charge in [0.05, 0.1) is 0 Å². The molecule has 1 aromatic rings. The van der Waals surface area contributed by atoms with Crippen LogP contribution in [-0.2, 0) is 6.54 Å². The van der Waals surface area contributed by atoms with Crippen LogP contribution in [0, 0.1) is 5.92 Å². The Morgan fingerprint density at radius 3 is 2.76 bits per heavy atom. The van der Waals surface area contributed by atoms with E-state index >= 15 is 0 Å². The lowest BCUT2D eigenvalue weighted by atomic mass is 10.2. The summed E-state index contributed by atoms with van der Waals surface area (Å²) in [6.07, 6.45) is 3.15. The molecule has 0 radical (unpaired) electrons. The Hall–Kier alpha value is -0.610. The maximum absolute atomic E-state index is 4.40. The number of aromatic nitrogens is 1. The molecule has 0 aliphatic carbocycles. The molecule has 4 heteroatoms. The molecule has 0 bridgehead atoms. The van der Waals surface area contributed by atoms with E-state index in [1.807, 2.05) is 6.20 Å². The molecule has 0 spiro atoms. The molecule has 0 unspecified atom stereocenters. The van der Waals surface area contributed by atoms with E-state index in [1.54, 1.807) is 11.3 Å². The monoisotopic (exact) mass is 255 g/mol. The first kappa shape index (κ1) is 14.5. The molecule has 98 valence electrons. The second-order valence-corrected chi connectivity index (χ2v) is 5.90.